The molecular formula is C17H19N5OS. The van der Waals surface area contributed by atoms with Crippen LogP contribution in [0.5, 0.6) is 0 Å². The van der Waals surface area contributed by atoms with Crippen molar-refractivity contribution >= 4 is 33.3 Å². The summed E-state index contributed by atoms with van der Waals surface area (Å²) in [6.07, 6.45) is 1.81. The molecule has 3 aromatic rings. The van der Waals surface area contributed by atoms with Crippen molar-refractivity contribution in [1.82, 2.24) is 19.7 Å². The molecule has 1 fully saturated rings. The van der Waals surface area contributed by atoms with Gasteiger partial charge in [-0.3, -0.25) is 9.48 Å². The van der Waals surface area contributed by atoms with Crippen molar-refractivity contribution in [3.05, 3.63) is 41.0 Å². The van der Waals surface area contributed by atoms with Crippen molar-refractivity contribution in [3.63, 3.8) is 0 Å². The number of carbonyl (C=O) groups is 1. The largest absolute Gasteiger partial charge is 0.353 e. The van der Waals surface area contributed by atoms with Crippen molar-refractivity contribution in [3.8, 4) is 0 Å². The molecule has 6 nitrogen and oxygen atoms in total. The van der Waals surface area contributed by atoms with Crippen molar-refractivity contribution < 1.29 is 4.79 Å². The number of anilines is 1. The third kappa shape index (κ3) is 2.54. The van der Waals surface area contributed by atoms with Gasteiger partial charge in [0.2, 0.25) is 0 Å². The summed E-state index contributed by atoms with van der Waals surface area (Å²) in [5.74, 6) is 1.10. The third-order valence-corrected chi connectivity index (χ3v) is 5.64. The van der Waals surface area contributed by atoms with Gasteiger partial charge in [0.25, 0.3) is 5.91 Å². The molecule has 0 unspecified atom stereocenters. The van der Waals surface area contributed by atoms with Crippen LogP contribution in [-0.4, -0.2) is 51.8 Å². The van der Waals surface area contributed by atoms with E-state index in [4.69, 9.17) is 0 Å². The molecule has 7 heteroatoms. The third-order valence-electron chi connectivity index (χ3n) is 4.45. The molecule has 0 bridgehead atoms. The van der Waals surface area contributed by atoms with Crippen LogP contribution in [0.2, 0.25) is 0 Å². The van der Waals surface area contributed by atoms with Crippen molar-refractivity contribution in [1.29, 1.82) is 0 Å². The summed E-state index contributed by atoms with van der Waals surface area (Å²) in [5, 5.41) is 5.48. The SMILES string of the molecule is Cc1nn(C)c2sc(C(=O)N3CCN(c4ccccn4)CC3)cc12. The Kier molecular flexibility index (Phi) is 3.72. The van der Waals surface area contributed by atoms with Gasteiger partial charge < -0.3 is 9.80 Å². The van der Waals surface area contributed by atoms with Gasteiger partial charge in [-0.25, -0.2) is 4.98 Å². The van der Waals surface area contributed by atoms with Crippen LogP contribution in [0.4, 0.5) is 5.82 Å². The normalized spacial score (nSPS) is 15.2. The molecule has 1 amide bonds. The van der Waals surface area contributed by atoms with Gasteiger partial charge in [0, 0.05) is 44.8 Å². The topological polar surface area (TPSA) is 54.3 Å². The summed E-state index contributed by atoms with van der Waals surface area (Å²) in [6.45, 7) is 5.05. The van der Waals surface area contributed by atoms with Crippen molar-refractivity contribution in [2.24, 2.45) is 7.05 Å². The zero-order valence-corrected chi connectivity index (χ0v) is 14.6. The van der Waals surface area contributed by atoms with Gasteiger partial charge in [-0.15, -0.1) is 11.3 Å². The van der Waals surface area contributed by atoms with E-state index in [0.29, 0.717) is 0 Å². The molecule has 1 aliphatic rings. The highest BCUT2D eigenvalue weighted by molar-refractivity contribution is 7.20. The van der Waals surface area contributed by atoms with E-state index in [1.54, 1.807) is 6.20 Å². The van der Waals surface area contributed by atoms with E-state index in [9.17, 15) is 4.79 Å². The second kappa shape index (κ2) is 5.90. The minimum atomic E-state index is 0.122. The summed E-state index contributed by atoms with van der Waals surface area (Å²) in [7, 11) is 1.92. The summed E-state index contributed by atoms with van der Waals surface area (Å²) in [5.41, 5.74) is 0.975. The van der Waals surface area contributed by atoms with Crippen molar-refractivity contribution in [2.45, 2.75) is 6.92 Å². The molecule has 1 aliphatic heterocycles. The lowest BCUT2D eigenvalue weighted by Crippen LogP contribution is -2.48. The van der Waals surface area contributed by atoms with E-state index in [2.05, 4.69) is 15.0 Å². The quantitative estimate of drug-likeness (QED) is 0.718. The second-order valence-electron chi connectivity index (χ2n) is 6.01. The average molecular weight is 341 g/mol. The smallest absolute Gasteiger partial charge is 0.264 e. The number of fused-ring (bicyclic) bond motifs is 1. The highest BCUT2D eigenvalue weighted by Crippen LogP contribution is 2.28. The first-order valence-electron chi connectivity index (χ1n) is 8.02. The number of piperazine rings is 1. The first-order chi connectivity index (χ1) is 11.6. The molecule has 0 aromatic carbocycles. The van der Waals surface area contributed by atoms with Crippen LogP contribution in [-0.2, 0) is 7.05 Å². The molecular weight excluding hydrogens is 322 g/mol. The number of aromatic nitrogens is 3. The fraction of sp³-hybridized carbons (Fsp3) is 0.353. The summed E-state index contributed by atoms with van der Waals surface area (Å²) < 4.78 is 1.85. The maximum absolute atomic E-state index is 12.8. The second-order valence-corrected chi connectivity index (χ2v) is 7.04. The number of hydrogen-bond acceptors (Lipinski definition) is 5. The number of rotatable bonds is 2. The van der Waals surface area contributed by atoms with Gasteiger partial charge in [0.05, 0.1) is 10.6 Å². The highest BCUT2D eigenvalue weighted by atomic mass is 32.1. The fourth-order valence-corrected chi connectivity index (χ4v) is 4.24. The Morgan fingerprint density at radius 1 is 1.21 bits per heavy atom. The monoisotopic (exact) mass is 341 g/mol. The van der Waals surface area contributed by atoms with E-state index >= 15 is 0 Å². The standard InChI is InChI=1S/C17H19N5OS/c1-12-13-11-14(24-17(13)20(2)19-12)16(23)22-9-7-21(8-10-22)15-5-3-4-6-18-15/h3-6,11H,7-10H2,1-2H3. The zero-order valence-electron chi connectivity index (χ0n) is 13.8. The number of pyridine rings is 1. The summed E-state index contributed by atoms with van der Waals surface area (Å²) >= 11 is 1.53. The first-order valence-corrected chi connectivity index (χ1v) is 8.83. The molecule has 0 radical (unpaired) electrons. The number of hydrogen-bond donors (Lipinski definition) is 0. The Hall–Kier alpha value is -2.41. The summed E-state index contributed by atoms with van der Waals surface area (Å²) in [6, 6.07) is 7.91. The van der Waals surface area contributed by atoms with Gasteiger partial charge in [0.1, 0.15) is 10.6 Å². The summed E-state index contributed by atoms with van der Waals surface area (Å²) in [4.78, 5) is 23.2. The van der Waals surface area contributed by atoms with Crippen LogP contribution in [0.3, 0.4) is 0 Å². The molecule has 0 atom stereocenters. The van der Waals surface area contributed by atoms with Crippen LogP contribution >= 0.6 is 11.3 Å². The number of thiophene rings is 1. The lowest BCUT2D eigenvalue weighted by Gasteiger charge is -2.35. The zero-order chi connectivity index (χ0) is 16.7. The van der Waals surface area contributed by atoms with E-state index in [1.807, 2.05) is 47.8 Å². The van der Waals surface area contributed by atoms with Gasteiger partial charge in [0.15, 0.2) is 0 Å². The van der Waals surface area contributed by atoms with Crippen LogP contribution < -0.4 is 4.90 Å². The molecule has 0 N–H and O–H groups in total. The van der Waals surface area contributed by atoms with E-state index in [0.717, 1.165) is 52.8 Å². The molecule has 0 saturated carbocycles. The minimum absolute atomic E-state index is 0.122. The van der Waals surface area contributed by atoms with E-state index in [1.165, 1.54) is 11.3 Å². The van der Waals surface area contributed by atoms with Crippen molar-refractivity contribution in [2.75, 3.05) is 31.1 Å². The Morgan fingerprint density at radius 2 is 2.00 bits per heavy atom. The molecule has 1 saturated heterocycles. The molecule has 3 aromatic heterocycles. The number of aryl methyl sites for hydroxylation is 2. The number of amides is 1. The molecule has 4 rings (SSSR count). The molecule has 124 valence electrons. The Bertz CT molecular complexity index is 843. The Balaban J connectivity index is 1.48. The van der Waals surface area contributed by atoms with Crippen LogP contribution in [0.25, 0.3) is 10.2 Å². The maximum Gasteiger partial charge on any atom is 0.264 e. The predicted molar refractivity (Wildman–Crippen MR) is 95.7 cm³/mol. The number of nitrogens with zero attached hydrogens (tertiary/aromatic N) is 5. The molecule has 24 heavy (non-hydrogen) atoms. The predicted octanol–water partition coefficient (Wildman–Crippen LogP) is 2.30. The van der Waals surface area contributed by atoms with Crippen LogP contribution in [0.1, 0.15) is 15.4 Å². The Morgan fingerprint density at radius 3 is 2.67 bits per heavy atom. The van der Waals surface area contributed by atoms with Gasteiger partial charge >= 0.3 is 0 Å². The fourth-order valence-electron chi connectivity index (χ4n) is 3.15. The first kappa shape index (κ1) is 15.1. The molecule has 4 heterocycles. The average Bonchev–Trinajstić information content (AvgIpc) is 3.17. The van der Waals surface area contributed by atoms with Gasteiger partial charge in [-0.1, -0.05) is 6.07 Å². The lowest BCUT2D eigenvalue weighted by atomic mass is 10.2. The van der Waals surface area contributed by atoms with E-state index < -0.39 is 0 Å². The molecule has 0 aliphatic carbocycles. The highest BCUT2D eigenvalue weighted by Gasteiger charge is 2.25. The van der Waals surface area contributed by atoms with Gasteiger partial charge in [-0.05, 0) is 25.1 Å². The minimum Gasteiger partial charge on any atom is -0.353 e. The van der Waals surface area contributed by atoms with Gasteiger partial charge in [-0.2, -0.15) is 5.10 Å². The van der Waals surface area contributed by atoms with E-state index in [-0.39, 0.29) is 5.91 Å². The van der Waals surface area contributed by atoms with Crippen LogP contribution in [0, 0.1) is 6.92 Å². The van der Waals surface area contributed by atoms with Crippen LogP contribution in [0.15, 0.2) is 30.5 Å². The Labute approximate surface area is 144 Å². The maximum atomic E-state index is 12.8. The molecule has 0 spiro atoms. The lowest BCUT2D eigenvalue weighted by molar-refractivity contribution is 0.0751. The number of carbonyl (C=O) groups excluding carboxylic acids is 1.